The summed E-state index contributed by atoms with van der Waals surface area (Å²) < 4.78 is 15.0. The maximum Gasteiger partial charge on any atom is 0.226 e. The molecule has 0 bridgehead atoms. The van der Waals surface area contributed by atoms with E-state index in [1.54, 1.807) is 16.8 Å². The minimum absolute atomic E-state index is 0.000288. The van der Waals surface area contributed by atoms with E-state index in [0.29, 0.717) is 29.4 Å². The molecule has 0 spiro atoms. The summed E-state index contributed by atoms with van der Waals surface area (Å²) in [4.78, 5) is 17.5. The summed E-state index contributed by atoms with van der Waals surface area (Å²) in [7, 11) is 0. The van der Waals surface area contributed by atoms with Gasteiger partial charge in [0, 0.05) is 22.7 Å². The van der Waals surface area contributed by atoms with Crippen molar-refractivity contribution < 1.29 is 9.18 Å². The second-order valence-corrected chi connectivity index (χ2v) is 7.52. The van der Waals surface area contributed by atoms with Crippen LogP contribution in [0, 0.1) is 5.82 Å². The number of carbonyl (C=O) groups is 1. The molecule has 1 aliphatic heterocycles. The van der Waals surface area contributed by atoms with E-state index in [2.05, 4.69) is 15.4 Å². The van der Waals surface area contributed by atoms with E-state index in [4.69, 9.17) is 11.6 Å². The molecule has 0 saturated heterocycles. The summed E-state index contributed by atoms with van der Waals surface area (Å²) in [5.41, 5.74) is 3.45. The van der Waals surface area contributed by atoms with Crippen molar-refractivity contribution in [3.63, 3.8) is 0 Å². The number of hydrogen-bond donors (Lipinski definition) is 1. The summed E-state index contributed by atoms with van der Waals surface area (Å²) in [5.74, 6) is 0.382. The van der Waals surface area contributed by atoms with Crippen molar-refractivity contribution in [2.45, 2.75) is 24.8 Å². The molecule has 2 aliphatic rings. The number of Topliss-reactive ketones (excluding diaryl/α,β-unsaturated/α-hetero) is 1. The van der Waals surface area contributed by atoms with Gasteiger partial charge in [0.25, 0.3) is 0 Å². The fourth-order valence-electron chi connectivity index (χ4n) is 4.08. The smallest absolute Gasteiger partial charge is 0.226 e. The summed E-state index contributed by atoms with van der Waals surface area (Å²) >= 11 is 6.04. The van der Waals surface area contributed by atoms with Crippen LogP contribution in [0.3, 0.4) is 0 Å². The van der Waals surface area contributed by atoms with Crippen LogP contribution in [0.2, 0.25) is 5.02 Å². The quantitative estimate of drug-likeness (QED) is 0.695. The van der Waals surface area contributed by atoms with E-state index >= 15 is 0 Å². The van der Waals surface area contributed by atoms with Crippen LogP contribution in [0.4, 0.5) is 10.3 Å². The predicted octanol–water partition coefficient (Wildman–Crippen LogP) is 4.49. The SMILES string of the molecule is O=C1C[C@@H](c2ccc(F)cc2)CC2=C1[C@@H](c1ccc(Cl)cc1)n1ncnc1N2. The summed E-state index contributed by atoms with van der Waals surface area (Å²) in [5, 5.41) is 8.25. The number of allylic oxidation sites excluding steroid dienone is 2. The van der Waals surface area contributed by atoms with Crippen LogP contribution >= 0.6 is 11.6 Å². The number of fused-ring (bicyclic) bond motifs is 1. The van der Waals surface area contributed by atoms with Crippen LogP contribution in [0.5, 0.6) is 0 Å². The minimum atomic E-state index is -0.340. The molecule has 2 atom stereocenters. The molecular formula is C21H16ClFN4O. The molecule has 1 N–H and O–H groups in total. The van der Waals surface area contributed by atoms with Gasteiger partial charge in [0.05, 0.1) is 0 Å². The number of nitrogens with zero attached hydrogens (tertiary/aromatic N) is 3. The zero-order valence-electron chi connectivity index (χ0n) is 14.8. The van der Waals surface area contributed by atoms with Crippen LogP contribution < -0.4 is 5.32 Å². The van der Waals surface area contributed by atoms with Crippen molar-refractivity contribution in [3.8, 4) is 0 Å². The predicted molar refractivity (Wildman–Crippen MR) is 104 cm³/mol. The number of benzene rings is 2. The molecule has 0 radical (unpaired) electrons. The number of anilines is 1. The molecule has 0 fully saturated rings. The Morgan fingerprint density at radius 2 is 1.75 bits per heavy atom. The number of rotatable bonds is 2. The molecule has 1 aromatic heterocycles. The Hall–Kier alpha value is -2.99. The maximum atomic E-state index is 13.3. The topological polar surface area (TPSA) is 59.8 Å². The van der Waals surface area contributed by atoms with Gasteiger partial charge in [-0.25, -0.2) is 9.07 Å². The van der Waals surface area contributed by atoms with E-state index < -0.39 is 0 Å². The fraction of sp³-hybridized carbons (Fsp3) is 0.190. The van der Waals surface area contributed by atoms with Gasteiger partial charge in [-0.2, -0.15) is 10.1 Å². The van der Waals surface area contributed by atoms with Gasteiger partial charge >= 0.3 is 0 Å². The molecule has 5 nitrogen and oxygen atoms in total. The average molecular weight is 395 g/mol. The van der Waals surface area contributed by atoms with Gasteiger partial charge in [-0.15, -0.1) is 0 Å². The monoisotopic (exact) mass is 394 g/mol. The normalized spacial score (nSPS) is 21.1. The van der Waals surface area contributed by atoms with Crippen molar-refractivity contribution in [1.29, 1.82) is 0 Å². The molecular weight excluding hydrogens is 379 g/mol. The highest BCUT2D eigenvalue weighted by atomic mass is 35.5. The lowest BCUT2D eigenvalue weighted by Gasteiger charge is -2.35. The van der Waals surface area contributed by atoms with Gasteiger partial charge in [0.2, 0.25) is 5.95 Å². The van der Waals surface area contributed by atoms with Gasteiger partial charge in [0.15, 0.2) is 5.78 Å². The lowest BCUT2D eigenvalue weighted by atomic mass is 9.78. The number of carbonyl (C=O) groups excluding carboxylic acids is 1. The van der Waals surface area contributed by atoms with Crippen LogP contribution in [0.1, 0.15) is 35.9 Å². The van der Waals surface area contributed by atoms with Crippen molar-refractivity contribution in [1.82, 2.24) is 14.8 Å². The number of ketones is 1. The van der Waals surface area contributed by atoms with E-state index in [1.165, 1.54) is 18.5 Å². The van der Waals surface area contributed by atoms with E-state index in [0.717, 1.165) is 16.8 Å². The molecule has 7 heteroatoms. The van der Waals surface area contributed by atoms with Crippen LogP contribution in [0.25, 0.3) is 0 Å². The van der Waals surface area contributed by atoms with Gasteiger partial charge in [-0.1, -0.05) is 35.9 Å². The molecule has 0 amide bonds. The van der Waals surface area contributed by atoms with E-state index in [9.17, 15) is 9.18 Å². The molecule has 1 aliphatic carbocycles. The van der Waals surface area contributed by atoms with E-state index in [-0.39, 0.29) is 23.6 Å². The van der Waals surface area contributed by atoms with Crippen molar-refractivity contribution in [2.24, 2.45) is 0 Å². The minimum Gasteiger partial charge on any atom is -0.328 e. The Morgan fingerprint density at radius 3 is 2.50 bits per heavy atom. The van der Waals surface area contributed by atoms with Crippen LogP contribution in [-0.4, -0.2) is 20.5 Å². The zero-order valence-corrected chi connectivity index (χ0v) is 15.5. The first-order valence-corrected chi connectivity index (χ1v) is 9.41. The maximum absolute atomic E-state index is 13.3. The van der Waals surface area contributed by atoms with Crippen molar-refractivity contribution in [2.75, 3.05) is 5.32 Å². The number of aromatic nitrogens is 3. The molecule has 0 saturated carbocycles. The third kappa shape index (κ3) is 2.81. The largest absolute Gasteiger partial charge is 0.328 e. The standard InChI is InChI=1S/C21H16ClFN4O/c22-15-5-1-13(2-6-15)20-19-17(26-21-24-11-25-27(20)21)9-14(10-18(19)28)12-3-7-16(23)8-4-12/h1-8,11,14,20H,9-10H2,(H,24,25,26)/t14-,20+/m0/s1. The molecule has 28 heavy (non-hydrogen) atoms. The molecule has 3 aromatic rings. The molecule has 0 unspecified atom stereocenters. The van der Waals surface area contributed by atoms with Gasteiger partial charge < -0.3 is 5.32 Å². The first kappa shape index (κ1) is 17.1. The third-order valence-corrected chi connectivity index (χ3v) is 5.64. The van der Waals surface area contributed by atoms with Crippen LogP contribution in [0.15, 0.2) is 66.1 Å². The Morgan fingerprint density at radius 1 is 1.04 bits per heavy atom. The number of halogens is 2. The summed E-state index contributed by atoms with van der Waals surface area (Å²) in [6.07, 6.45) is 2.51. The van der Waals surface area contributed by atoms with Gasteiger partial charge in [-0.05, 0) is 47.7 Å². The molecule has 2 aromatic carbocycles. The highest BCUT2D eigenvalue weighted by molar-refractivity contribution is 6.30. The second-order valence-electron chi connectivity index (χ2n) is 7.08. The lowest BCUT2D eigenvalue weighted by molar-refractivity contribution is -0.116. The van der Waals surface area contributed by atoms with Gasteiger partial charge in [-0.3, -0.25) is 4.79 Å². The molecule has 140 valence electrons. The lowest BCUT2D eigenvalue weighted by Crippen LogP contribution is -2.33. The molecule has 2 heterocycles. The Labute approximate surface area is 165 Å². The highest BCUT2D eigenvalue weighted by Gasteiger charge is 2.39. The molecule has 5 rings (SSSR count). The second kappa shape index (κ2) is 6.56. The van der Waals surface area contributed by atoms with Gasteiger partial charge in [0.1, 0.15) is 18.2 Å². The highest BCUT2D eigenvalue weighted by Crippen LogP contribution is 2.43. The number of hydrogen-bond acceptors (Lipinski definition) is 4. The Bertz CT molecular complexity index is 1090. The van der Waals surface area contributed by atoms with E-state index in [1.807, 2.05) is 24.3 Å². The Kier molecular flexibility index (Phi) is 4.02. The first-order valence-electron chi connectivity index (χ1n) is 9.04. The summed E-state index contributed by atoms with van der Waals surface area (Å²) in [6, 6.07) is 13.5. The average Bonchev–Trinajstić information content (AvgIpc) is 3.16. The Balaban J connectivity index is 1.58. The number of nitrogens with one attached hydrogen (secondary N) is 1. The van der Waals surface area contributed by atoms with Crippen LogP contribution in [-0.2, 0) is 4.79 Å². The zero-order chi connectivity index (χ0) is 19.3. The van der Waals surface area contributed by atoms with Crippen molar-refractivity contribution in [3.05, 3.63) is 88.1 Å². The van der Waals surface area contributed by atoms with Crippen molar-refractivity contribution >= 4 is 23.3 Å². The summed E-state index contributed by atoms with van der Waals surface area (Å²) in [6.45, 7) is 0. The fourth-order valence-corrected chi connectivity index (χ4v) is 4.20. The third-order valence-electron chi connectivity index (χ3n) is 5.39. The first-order chi connectivity index (χ1) is 13.6.